The highest BCUT2D eigenvalue weighted by atomic mass is 16.6. The van der Waals surface area contributed by atoms with Crippen LogP contribution in [0.3, 0.4) is 0 Å². The van der Waals surface area contributed by atoms with E-state index in [1.54, 1.807) is 40.2 Å². The Kier molecular flexibility index (Phi) is 7.77. The van der Waals surface area contributed by atoms with Crippen molar-refractivity contribution in [2.24, 2.45) is 0 Å². The van der Waals surface area contributed by atoms with Crippen LogP contribution in [0.2, 0.25) is 0 Å². The Hall–Kier alpha value is -5.07. The molecule has 0 saturated heterocycles. The molecular formula is C29H30N10O2. The average Bonchev–Trinajstić information content (AvgIpc) is 3.61. The molecule has 4 aromatic heterocycles. The molecule has 1 amide bonds. The molecule has 6 rings (SSSR count). The first-order valence-corrected chi connectivity index (χ1v) is 13.3. The highest BCUT2D eigenvalue weighted by Crippen LogP contribution is 2.23. The Balaban J connectivity index is 0.000000174. The van der Waals surface area contributed by atoms with Gasteiger partial charge in [0.2, 0.25) is 0 Å². The van der Waals surface area contributed by atoms with Crippen LogP contribution in [0.25, 0.3) is 11.6 Å². The van der Waals surface area contributed by atoms with Crippen molar-refractivity contribution in [2.45, 2.75) is 52.3 Å². The van der Waals surface area contributed by atoms with E-state index in [4.69, 9.17) is 15.3 Å². The number of hydrogen-bond acceptors (Lipinski definition) is 9. The second kappa shape index (κ2) is 11.6. The van der Waals surface area contributed by atoms with E-state index < -0.39 is 5.60 Å². The van der Waals surface area contributed by atoms with Crippen LogP contribution < -0.4 is 5.32 Å². The minimum Gasteiger partial charge on any atom is -0.444 e. The van der Waals surface area contributed by atoms with Crippen LogP contribution in [0, 0.1) is 22.7 Å². The van der Waals surface area contributed by atoms with Crippen molar-refractivity contribution < 1.29 is 9.53 Å². The molecule has 12 heteroatoms. The fraction of sp³-hybridized carbons (Fsp3) is 0.345. The SMILES string of the molecule is CC(C)(C)OC(=O)N1CCc2c(cnn2-c2ccc(C#N)cn2)C1.N#Cc1ccc(-n2ncc3c2CCNC3)nc1. The average molecular weight is 551 g/mol. The highest BCUT2D eigenvalue weighted by molar-refractivity contribution is 5.68. The van der Waals surface area contributed by atoms with Crippen LogP contribution in [0.5, 0.6) is 0 Å². The van der Waals surface area contributed by atoms with Crippen LogP contribution in [0.4, 0.5) is 4.79 Å². The van der Waals surface area contributed by atoms with Gasteiger partial charge in [0, 0.05) is 56.0 Å². The molecule has 41 heavy (non-hydrogen) atoms. The van der Waals surface area contributed by atoms with Crippen LogP contribution in [0.1, 0.15) is 54.4 Å². The van der Waals surface area contributed by atoms with Crippen LogP contribution in [-0.4, -0.2) is 59.2 Å². The molecule has 2 aliphatic rings. The summed E-state index contributed by atoms with van der Waals surface area (Å²) in [6.45, 7) is 8.45. The van der Waals surface area contributed by atoms with Gasteiger partial charge in [-0.15, -0.1) is 0 Å². The molecule has 0 aliphatic carbocycles. The number of fused-ring (bicyclic) bond motifs is 2. The monoisotopic (exact) mass is 550 g/mol. The number of nitriles is 2. The predicted octanol–water partition coefficient (Wildman–Crippen LogP) is 3.22. The minimum absolute atomic E-state index is 0.308. The van der Waals surface area contributed by atoms with E-state index in [1.807, 2.05) is 43.8 Å². The molecule has 0 radical (unpaired) electrons. The summed E-state index contributed by atoms with van der Waals surface area (Å²) in [5, 5.41) is 29.6. The van der Waals surface area contributed by atoms with Crippen LogP contribution >= 0.6 is 0 Å². The summed E-state index contributed by atoms with van der Waals surface area (Å²) in [5.41, 5.74) is 5.02. The fourth-order valence-electron chi connectivity index (χ4n) is 4.62. The van der Waals surface area contributed by atoms with Gasteiger partial charge in [0.05, 0.1) is 41.5 Å². The van der Waals surface area contributed by atoms with Gasteiger partial charge in [0.15, 0.2) is 11.6 Å². The number of carbonyl (C=O) groups excluding carboxylic acids is 1. The van der Waals surface area contributed by atoms with Crippen molar-refractivity contribution >= 4 is 6.09 Å². The van der Waals surface area contributed by atoms with Gasteiger partial charge >= 0.3 is 6.09 Å². The number of nitrogens with zero attached hydrogens (tertiary/aromatic N) is 9. The summed E-state index contributed by atoms with van der Waals surface area (Å²) in [4.78, 5) is 22.4. The van der Waals surface area contributed by atoms with Crippen molar-refractivity contribution in [1.29, 1.82) is 10.5 Å². The van der Waals surface area contributed by atoms with E-state index in [-0.39, 0.29) is 6.09 Å². The number of carbonyl (C=O) groups is 1. The van der Waals surface area contributed by atoms with Crippen LogP contribution in [-0.2, 0) is 30.7 Å². The Morgan fingerprint density at radius 1 is 0.878 bits per heavy atom. The summed E-state index contributed by atoms with van der Waals surface area (Å²) in [5.74, 6) is 1.44. The molecule has 6 heterocycles. The summed E-state index contributed by atoms with van der Waals surface area (Å²) in [6.07, 6.45) is 8.06. The Morgan fingerprint density at radius 2 is 1.46 bits per heavy atom. The maximum absolute atomic E-state index is 12.2. The molecule has 0 saturated carbocycles. The largest absolute Gasteiger partial charge is 0.444 e. The second-order valence-electron chi connectivity index (χ2n) is 10.7. The van der Waals surface area contributed by atoms with Crippen molar-refractivity contribution in [2.75, 3.05) is 13.1 Å². The van der Waals surface area contributed by atoms with E-state index in [2.05, 4.69) is 31.6 Å². The molecule has 0 spiro atoms. The molecule has 0 aromatic carbocycles. The number of ether oxygens (including phenoxy) is 1. The molecule has 2 aliphatic heterocycles. The molecule has 0 atom stereocenters. The molecule has 0 fully saturated rings. The van der Waals surface area contributed by atoms with Crippen LogP contribution in [0.15, 0.2) is 49.1 Å². The quantitative estimate of drug-likeness (QED) is 0.397. The lowest BCUT2D eigenvalue weighted by atomic mass is 10.1. The second-order valence-corrected chi connectivity index (χ2v) is 10.7. The first-order chi connectivity index (χ1) is 19.8. The molecule has 1 N–H and O–H groups in total. The number of aromatic nitrogens is 6. The van der Waals surface area contributed by atoms with Gasteiger partial charge in [0.25, 0.3) is 0 Å². The lowest BCUT2D eigenvalue weighted by Gasteiger charge is -2.30. The maximum Gasteiger partial charge on any atom is 0.410 e. The topological polar surface area (TPSA) is 151 Å². The third-order valence-corrected chi connectivity index (χ3v) is 6.58. The Bertz CT molecular complexity index is 1620. The van der Waals surface area contributed by atoms with Gasteiger partial charge in [0.1, 0.15) is 17.7 Å². The van der Waals surface area contributed by atoms with E-state index >= 15 is 0 Å². The standard InChI is InChI=1S/C17H19N5O2.C12H11N5/c1-17(2,3)24-16(23)21-7-6-14-13(11-21)10-20-22(14)15-5-4-12(8-18)9-19-15;13-5-9-1-2-12(15-6-9)17-11-3-4-14-7-10(11)8-16-17/h4-5,9-10H,6-7,11H2,1-3H3;1-2,6,8,14H,3-4,7H2. The van der Waals surface area contributed by atoms with Crippen molar-refractivity contribution in [1.82, 2.24) is 39.7 Å². The van der Waals surface area contributed by atoms with E-state index in [0.717, 1.165) is 36.6 Å². The van der Waals surface area contributed by atoms with Crippen molar-refractivity contribution in [3.8, 4) is 23.8 Å². The minimum atomic E-state index is -0.506. The third kappa shape index (κ3) is 6.24. The number of amides is 1. The highest BCUT2D eigenvalue weighted by Gasteiger charge is 2.28. The van der Waals surface area contributed by atoms with Gasteiger partial charge < -0.3 is 15.0 Å². The first kappa shape index (κ1) is 27.5. The molecule has 0 unspecified atom stereocenters. The zero-order valence-corrected chi connectivity index (χ0v) is 23.2. The lowest BCUT2D eigenvalue weighted by Crippen LogP contribution is -2.40. The smallest absolute Gasteiger partial charge is 0.410 e. The Morgan fingerprint density at radius 3 is 2.00 bits per heavy atom. The number of hydrogen-bond donors (Lipinski definition) is 1. The normalized spacial score (nSPS) is 14.0. The molecule has 0 bridgehead atoms. The number of rotatable bonds is 2. The van der Waals surface area contributed by atoms with E-state index in [9.17, 15) is 4.79 Å². The zero-order chi connectivity index (χ0) is 29.0. The summed E-state index contributed by atoms with van der Waals surface area (Å²) < 4.78 is 9.05. The van der Waals surface area contributed by atoms with Gasteiger partial charge in [-0.2, -0.15) is 20.7 Å². The Labute approximate surface area is 237 Å². The van der Waals surface area contributed by atoms with Crippen molar-refractivity contribution in [3.05, 3.63) is 82.7 Å². The fourth-order valence-corrected chi connectivity index (χ4v) is 4.62. The van der Waals surface area contributed by atoms with Gasteiger partial charge in [-0.3, -0.25) is 0 Å². The summed E-state index contributed by atoms with van der Waals surface area (Å²) >= 11 is 0. The number of nitrogens with one attached hydrogen (secondary N) is 1. The van der Waals surface area contributed by atoms with Gasteiger partial charge in [-0.05, 0) is 45.0 Å². The maximum atomic E-state index is 12.2. The lowest BCUT2D eigenvalue weighted by molar-refractivity contribution is 0.0223. The predicted molar refractivity (Wildman–Crippen MR) is 148 cm³/mol. The molecule has 12 nitrogen and oxygen atoms in total. The molecule has 208 valence electrons. The zero-order valence-electron chi connectivity index (χ0n) is 23.2. The third-order valence-electron chi connectivity index (χ3n) is 6.58. The van der Waals surface area contributed by atoms with Gasteiger partial charge in [-0.25, -0.2) is 24.1 Å². The molecular weight excluding hydrogens is 520 g/mol. The molecule has 4 aromatic rings. The number of pyridine rings is 2. The van der Waals surface area contributed by atoms with E-state index in [0.29, 0.717) is 36.5 Å². The van der Waals surface area contributed by atoms with E-state index in [1.165, 1.54) is 17.5 Å². The summed E-state index contributed by atoms with van der Waals surface area (Å²) in [7, 11) is 0. The van der Waals surface area contributed by atoms with Crippen molar-refractivity contribution in [3.63, 3.8) is 0 Å². The summed E-state index contributed by atoms with van der Waals surface area (Å²) in [6, 6.07) is 11.2. The first-order valence-electron chi connectivity index (χ1n) is 13.3. The van der Waals surface area contributed by atoms with Gasteiger partial charge in [-0.1, -0.05) is 0 Å².